The number of anilines is 1. The van der Waals surface area contributed by atoms with E-state index in [2.05, 4.69) is 5.32 Å². The van der Waals surface area contributed by atoms with Crippen molar-refractivity contribution in [3.8, 4) is 0 Å². The molecule has 2 aromatic rings. The Balaban J connectivity index is 1.54. The lowest BCUT2D eigenvalue weighted by Crippen LogP contribution is -2.40. The molecule has 1 aliphatic rings. The van der Waals surface area contributed by atoms with Gasteiger partial charge in [0.25, 0.3) is 5.91 Å². The van der Waals surface area contributed by atoms with Crippen LogP contribution in [0.3, 0.4) is 0 Å². The first kappa shape index (κ1) is 20.3. The molecule has 1 atom stereocenters. The summed E-state index contributed by atoms with van der Waals surface area (Å²) in [5.74, 6) is -1.45. The number of nitrogens with one attached hydrogen (secondary N) is 1. The Kier molecular flexibility index (Phi) is 6.39. The molecule has 1 saturated heterocycles. The summed E-state index contributed by atoms with van der Waals surface area (Å²) in [6.07, 6.45) is 1.30. The molecule has 7 nitrogen and oxygen atoms in total. The third kappa shape index (κ3) is 5.07. The summed E-state index contributed by atoms with van der Waals surface area (Å²) in [6, 6.07) is 14.3. The Hall–Kier alpha value is -3.48. The number of esters is 1. The molecule has 2 amide bonds. The van der Waals surface area contributed by atoms with Crippen LogP contribution in [0.5, 0.6) is 0 Å². The molecule has 1 fully saturated rings. The first-order valence-electron chi connectivity index (χ1n) is 9.42. The molecule has 0 aromatic heterocycles. The standard InChI is InChI=1S/C22H22N2O5/c1-15(23-21(27)16-7-3-2-4-8-16)22(28)29-14-19(25)17-9-5-10-18(13-17)24-12-6-11-20(24)26/h2-5,7-10,13,15H,6,11-12,14H2,1H3,(H,23,27)/t15-/m0/s1. The van der Waals surface area contributed by atoms with Gasteiger partial charge in [-0.3, -0.25) is 14.4 Å². The number of ether oxygens (including phenoxy) is 1. The van der Waals surface area contributed by atoms with Crippen LogP contribution >= 0.6 is 0 Å². The van der Waals surface area contributed by atoms with Gasteiger partial charge in [0.1, 0.15) is 6.04 Å². The second kappa shape index (κ2) is 9.14. The van der Waals surface area contributed by atoms with Gasteiger partial charge in [-0.1, -0.05) is 30.3 Å². The molecule has 0 spiro atoms. The third-order valence-electron chi connectivity index (χ3n) is 4.64. The average Bonchev–Trinajstić information content (AvgIpc) is 3.18. The highest BCUT2D eigenvalue weighted by Gasteiger charge is 2.23. The van der Waals surface area contributed by atoms with Gasteiger partial charge in [0.15, 0.2) is 12.4 Å². The third-order valence-corrected chi connectivity index (χ3v) is 4.64. The highest BCUT2D eigenvalue weighted by Crippen LogP contribution is 2.22. The molecule has 0 bridgehead atoms. The maximum absolute atomic E-state index is 12.4. The number of nitrogens with zero attached hydrogens (tertiary/aromatic N) is 1. The minimum Gasteiger partial charge on any atom is -0.456 e. The van der Waals surface area contributed by atoms with Gasteiger partial charge in [0.2, 0.25) is 5.91 Å². The average molecular weight is 394 g/mol. The molecular weight excluding hydrogens is 372 g/mol. The lowest BCUT2D eigenvalue weighted by Gasteiger charge is -2.16. The van der Waals surface area contributed by atoms with E-state index in [-0.39, 0.29) is 11.7 Å². The van der Waals surface area contributed by atoms with E-state index in [1.54, 1.807) is 59.5 Å². The molecule has 2 aromatic carbocycles. The van der Waals surface area contributed by atoms with Crippen LogP contribution in [0.4, 0.5) is 5.69 Å². The highest BCUT2D eigenvalue weighted by atomic mass is 16.5. The van der Waals surface area contributed by atoms with Gasteiger partial charge in [-0.15, -0.1) is 0 Å². The van der Waals surface area contributed by atoms with Crippen molar-refractivity contribution >= 4 is 29.3 Å². The topological polar surface area (TPSA) is 92.8 Å². The summed E-state index contributed by atoms with van der Waals surface area (Å²) in [5, 5.41) is 2.54. The van der Waals surface area contributed by atoms with Crippen molar-refractivity contribution in [2.24, 2.45) is 0 Å². The van der Waals surface area contributed by atoms with Crippen LogP contribution < -0.4 is 10.2 Å². The lowest BCUT2D eigenvalue weighted by atomic mass is 10.1. The number of benzene rings is 2. The SMILES string of the molecule is C[C@H](NC(=O)c1ccccc1)C(=O)OCC(=O)c1cccc(N2CCCC2=O)c1. The largest absolute Gasteiger partial charge is 0.456 e. The van der Waals surface area contributed by atoms with Crippen molar-refractivity contribution < 1.29 is 23.9 Å². The molecule has 3 rings (SSSR count). The highest BCUT2D eigenvalue weighted by molar-refractivity contribution is 6.01. The van der Waals surface area contributed by atoms with Crippen LogP contribution in [0.1, 0.15) is 40.5 Å². The Labute approximate surface area is 168 Å². The zero-order valence-corrected chi connectivity index (χ0v) is 16.1. The number of ketones is 1. The Morgan fingerprint density at radius 1 is 1.07 bits per heavy atom. The van der Waals surface area contributed by atoms with Crippen molar-refractivity contribution in [2.75, 3.05) is 18.1 Å². The second-order valence-electron chi connectivity index (χ2n) is 6.79. The van der Waals surface area contributed by atoms with E-state index in [1.165, 1.54) is 6.92 Å². The number of hydrogen-bond acceptors (Lipinski definition) is 5. The number of carbonyl (C=O) groups is 4. The quantitative estimate of drug-likeness (QED) is 0.575. The van der Waals surface area contributed by atoms with Gasteiger partial charge in [-0.05, 0) is 37.6 Å². The molecule has 0 aliphatic carbocycles. The summed E-state index contributed by atoms with van der Waals surface area (Å²) < 4.78 is 5.06. The maximum atomic E-state index is 12.4. The summed E-state index contributed by atoms with van der Waals surface area (Å²) in [7, 11) is 0. The van der Waals surface area contributed by atoms with Crippen LogP contribution in [-0.2, 0) is 14.3 Å². The molecule has 1 aliphatic heterocycles. The molecule has 0 radical (unpaired) electrons. The van der Waals surface area contributed by atoms with Gasteiger partial charge in [0.05, 0.1) is 0 Å². The predicted molar refractivity (Wildman–Crippen MR) is 107 cm³/mol. The maximum Gasteiger partial charge on any atom is 0.328 e. The number of Topliss-reactive ketones (excluding diaryl/α,β-unsaturated/α-hetero) is 1. The first-order valence-corrected chi connectivity index (χ1v) is 9.42. The molecule has 150 valence electrons. The lowest BCUT2D eigenvalue weighted by molar-refractivity contribution is -0.144. The van der Waals surface area contributed by atoms with Gasteiger partial charge < -0.3 is 15.0 Å². The van der Waals surface area contributed by atoms with Crippen molar-refractivity contribution in [3.63, 3.8) is 0 Å². The zero-order valence-electron chi connectivity index (χ0n) is 16.1. The fourth-order valence-corrected chi connectivity index (χ4v) is 3.04. The van der Waals surface area contributed by atoms with Crippen LogP contribution in [-0.4, -0.2) is 42.8 Å². The van der Waals surface area contributed by atoms with E-state index in [0.29, 0.717) is 29.8 Å². The summed E-state index contributed by atoms with van der Waals surface area (Å²) in [6.45, 7) is 1.68. The van der Waals surface area contributed by atoms with E-state index in [0.717, 1.165) is 6.42 Å². The van der Waals surface area contributed by atoms with Crippen molar-refractivity contribution in [3.05, 3.63) is 65.7 Å². The monoisotopic (exact) mass is 394 g/mol. The zero-order chi connectivity index (χ0) is 20.8. The van der Waals surface area contributed by atoms with E-state index < -0.39 is 24.5 Å². The molecular formula is C22H22N2O5. The van der Waals surface area contributed by atoms with E-state index in [4.69, 9.17) is 4.74 Å². The normalized spacial score (nSPS) is 14.4. The fourth-order valence-electron chi connectivity index (χ4n) is 3.04. The van der Waals surface area contributed by atoms with Crippen molar-refractivity contribution in [1.29, 1.82) is 0 Å². The number of amides is 2. The molecule has 7 heteroatoms. The molecule has 1 N–H and O–H groups in total. The predicted octanol–water partition coefficient (Wildman–Crippen LogP) is 2.36. The summed E-state index contributed by atoms with van der Waals surface area (Å²) >= 11 is 0. The first-order chi connectivity index (χ1) is 14.0. The summed E-state index contributed by atoms with van der Waals surface area (Å²) in [5.41, 5.74) is 1.45. The fraction of sp³-hybridized carbons (Fsp3) is 0.273. The Morgan fingerprint density at radius 3 is 2.48 bits per heavy atom. The van der Waals surface area contributed by atoms with Crippen LogP contribution in [0.2, 0.25) is 0 Å². The van der Waals surface area contributed by atoms with Crippen molar-refractivity contribution in [1.82, 2.24) is 5.32 Å². The molecule has 0 unspecified atom stereocenters. The molecule has 29 heavy (non-hydrogen) atoms. The van der Waals surface area contributed by atoms with Crippen LogP contribution in [0.15, 0.2) is 54.6 Å². The van der Waals surface area contributed by atoms with Gasteiger partial charge in [0, 0.05) is 29.8 Å². The molecule has 1 heterocycles. The van der Waals surface area contributed by atoms with Gasteiger partial charge in [-0.2, -0.15) is 0 Å². The summed E-state index contributed by atoms with van der Waals surface area (Å²) in [4.78, 5) is 50.1. The van der Waals surface area contributed by atoms with Crippen LogP contribution in [0, 0.1) is 0 Å². The minimum atomic E-state index is -0.899. The molecule has 0 saturated carbocycles. The second-order valence-corrected chi connectivity index (χ2v) is 6.79. The Morgan fingerprint density at radius 2 is 1.79 bits per heavy atom. The Bertz CT molecular complexity index is 926. The smallest absolute Gasteiger partial charge is 0.328 e. The van der Waals surface area contributed by atoms with Crippen molar-refractivity contribution in [2.45, 2.75) is 25.8 Å². The minimum absolute atomic E-state index is 0.0315. The van der Waals surface area contributed by atoms with E-state index in [9.17, 15) is 19.2 Å². The number of hydrogen-bond donors (Lipinski definition) is 1. The number of rotatable bonds is 7. The van der Waals surface area contributed by atoms with E-state index in [1.807, 2.05) is 0 Å². The van der Waals surface area contributed by atoms with Gasteiger partial charge in [-0.25, -0.2) is 4.79 Å². The number of carbonyl (C=O) groups excluding carboxylic acids is 4. The van der Waals surface area contributed by atoms with Gasteiger partial charge >= 0.3 is 5.97 Å². The van der Waals surface area contributed by atoms with E-state index >= 15 is 0 Å². The van der Waals surface area contributed by atoms with Crippen LogP contribution in [0.25, 0.3) is 0 Å².